The van der Waals surface area contributed by atoms with E-state index in [1.165, 1.54) is 11.1 Å². The number of halogens is 1. The molecule has 2 aromatic carbocycles. The van der Waals surface area contributed by atoms with Crippen molar-refractivity contribution in [3.8, 4) is 0 Å². The van der Waals surface area contributed by atoms with Crippen LogP contribution in [0.4, 0.5) is 11.4 Å². The van der Waals surface area contributed by atoms with E-state index in [4.69, 9.17) is 11.6 Å². The number of carbonyl (C=O) groups excluding carboxylic acids is 1. The Labute approximate surface area is 151 Å². The van der Waals surface area contributed by atoms with E-state index in [0.717, 1.165) is 5.69 Å². The van der Waals surface area contributed by atoms with E-state index in [-0.39, 0.29) is 5.91 Å². The molecular weight excluding hydrogens is 334 g/mol. The Hall–Kier alpha value is -2.85. The number of rotatable bonds is 5. The van der Waals surface area contributed by atoms with Gasteiger partial charge in [-0.2, -0.15) is 0 Å². The number of aromatic nitrogens is 1. The van der Waals surface area contributed by atoms with Crippen LogP contribution in [0, 0.1) is 6.92 Å². The third-order valence-corrected chi connectivity index (χ3v) is 4.02. The second-order valence-corrected chi connectivity index (χ2v) is 6.11. The number of carbonyl (C=O) groups is 1. The molecule has 2 N–H and O–H groups in total. The second kappa shape index (κ2) is 7.81. The lowest BCUT2D eigenvalue weighted by Gasteiger charge is -2.10. The quantitative estimate of drug-likeness (QED) is 0.686. The topological polar surface area (TPSA) is 54.0 Å². The number of hydrogen-bond acceptors (Lipinski definition) is 3. The molecule has 0 radical (unpaired) electrons. The zero-order chi connectivity index (χ0) is 17.6. The summed E-state index contributed by atoms with van der Waals surface area (Å²) in [4.78, 5) is 16.5. The van der Waals surface area contributed by atoms with E-state index in [1.807, 2.05) is 24.3 Å². The molecule has 0 atom stereocenters. The number of nitrogens with zero attached hydrogens (tertiary/aromatic N) is 1. The van der Waals surface area contributed by atoms with Gasteiger partial charge in [0.2, 0.25) is 0 Å². The molecule has 0 aliphatic heterocycles. The molecule has 0 aliphatic rings. The van der Waals surface area contributed by atoms with Gasteiger partial charge in [-0.1, -0.05) is 53.6 Å². The van der Waals surface area contributed by atoms with Crippen LogP contribution in [-0.2, 0) is 6.54 Å². The lowest BCUT2D eigenvalue weighted by atomic mass is 10.1. The molecule has 0 spiro atoms. The summed E-state index contributed by atoms with van der Waals surface area (Å²) in [6, 6.07) is 18.9. The molecule has 4 nitrogen and oxygen atoms in total. The van der Waals surface area contributed by atoms with Crippen LogP contribution in [0.3, 0.4) is 0 Å². The standard InChI is InChI=1S/C20H18ClN3O/c1-14-5-4-6-15(11-14)13-23-16-9-10-22-19(12-16)20(25)24-18-8-3-2-7-17(18)21/h2-12H,13H2,1H3,(H,22,23)(H,24,25). The van der Waals surface area contributed by atoms with Crippen LogP contribution in [0.15, 0.2) is 66.9 Å². The molecule has 0 saturated carbocycles. The van der Waals surface area contributed by atoms with Crippen LogP contribution >= 0.6 is 11.6 Å². The van der Waals surface area contributed by atoms with Crippen molar-refractivity contribution >= 4 is 28.9 Å². The first-order valence-electron chi connectivity index (χ1n) is 7.93. The van der Waals surface area contributed by atoms with E-state index in [2.05, 4.69) is 40.7 Å². The molecule has 25 heavy (non-hydrogen) atoms. The maximum absolute atomic E-state index is 12.4. The Kier molecular flexibility index (Phi) is 5.31. The van der Waals surface area contributed by atoms with Gasteiger partial charge in [-0.05, 0) is 36.8 Å². The summed E-state index contributed by atoms with van der Waals surface area (Å²) in [6.45, 7) is 2.74. The number of amides is 1. The minimum absolute atomic E-state index is 0.299. The number of pyridine rings is 1. The molecular formula is C20H18ClN3O. The van der Waals surface area contributed by atoms with Crippen molar-refractivity contribution in [1.82, 2.24) is 4.98 Å². The first-order valence-corrected chi connectivity index (χ1v) is 8.31. The Bertz CT molecular complexity index is 895. The predicted molar refractivity (Wildman–Crippen MR) is 102 cm³/mol. The fourth-order valence-corrected chi connectivity index (χ4v) is 2.62. The minimum Gasteiger partial charge on any atom is -0.381 e. The monoisotopic (exact) mass is 351 g/mol. The number of hydrogen-bond donors (Lipinski definition) is 2. The number of nitrogens with one attached hydrogen (secondary N) is 2. The predicted octanol–water partition coefficient (Wildman–Crippen LogP) is 4.91. The van der Waals surface area contributed by atoms with E-state index in [9.17, 15) is 4.79 Å². The summed E-state index contributed by atoms with van der Waals surface area (Å²) >= 11 is 6.07. The summed E-state index contributed by atoms with van der Waals surface area (Å²) in [5, 5.41) is 6.58. The van der Waals surface area contributed by atoms with Gasteiger partial charge in [-0.3, -0.25) is 9.78 Å². The van der Waals surface area contributed by atoms with Crippen LogP contribution in [0.1, 0.15) is 21.6 Å². The third kappa shape index (κ3) is 4.58. The summed E-state index contributed by atoms with van der Waals surface area (Å²) in [7, 11) is 0. The fraction of sp³-hybridized carbons (Fsp3) is 0.100. The maximum atomic E-state index is 12.4. The molecule has 0 saturated heterocycles. The van der Waals surface area contributed by atoms with Gasteiger partial charge in [0.1, 0.15) is 5.69 Å². The van der Waals surface area contributed by atoms with Crippen molar-refractivity contribution in [3.63, 3.8) is 0 Å². The van der Waals surface area contributed by atoms with Crippen LogP contribution in [0.25, 0.3) is 0 Å². The molecule has 3 aromatic rings. The van der Waals surface area contributed by atoms with Crippen LogP contribution in [0.2, 0.25) is 5.02 Å². The lowest BCUT2D eigenvalue weighted by molar-refractivity contribution is 0.102. The van der Waals surface area contributed by atoms with Crippen LogP contribution in [0.5, 0.6) is 0 Å². The smallest absolute Gasteiger partial charge is 0.274 e. The van der Waals surface area contributed by atoms with Gasteiger partial charge < -0.3 is 10.6 Å². The Morgan fingerprint density at radius 1 is 1.08 bits per heavy atom. The third-order valence-electron chi connectivity index (χ3n) is 3.69. The van der Waals surface area contributed by atoms with E-state index in [1.54, 1.807) is 24.4 Å². The Morgan fingerprint density at radius 2 is 1.92 bits per heavy atom. The second-order valence-electron chi connectivity index (χ2n) is 5.71. The molecule has 1 aromatic heterocycles. The first kappa shape index (κ1) is 17.0. The maximum Gasteiger partial charge on any atom is 0.274 e. The first-order chi connectivity index (χ1) is 12.1. The molecule has 0 aliphatic carbocycles. The van der Waals surface area contributed by atoms with Gasteiger partial charge in [0.05, 0.1) is 10.7 Å². The van der Waals surface area contributed by atoms with Gasteiger partial charge >= 0.3 is 0 Å². The summed E-state index contributed by atoms with van der Waals surface area (Å²) < 4.78 is 0. The van der Waals surface area contributed by atoms with E-state index < -0.39 is 0 Å². The van der Waals surface area contributed by atoms with Gasteiger partial charge in [-0.25, -0.2) is 0 Å². The van der Waals surface area contributed by atoms with Gasteiger partial charge in [0, 0.05) is 18.4 Å². The molecule has 1 amide bonds. The van der Waals surface area contributed by atoms with E-state index in [0.29, 0.717) is 22.9 Å². The highest BCUT2D eigenvalue weighted by atomic mass is 35.5. The van der Waals surface area contributed by atoms with Gasteiger partial charge in [0.15, 0.2) is 0 Å². The van der Waals surface area contributed by atoms with Crippen molar-refractivity contribution in [2.75, 3.05) is 10.6 Å². The highest BCUT2D eigenvalue weighted by Gasteiger charge is 2.10. The highest BCUT2D eigenvalue weighted by molar-refractivity contribution is 6.33. The van der Waals surface area contributed by atoms with Crippen LogP contribution in [-0.4, -0.2) is 10.9 Å². The molecule has 0 fully saturated rings. The molecule has 0 bridgehead atoms. The lowest BCUT2D eigenvalue weighted by Crippen LogP contribution is -2.14. The normalized spacial score (nSPS) is 10.3. The molecule has 1 heterocycles. The molecule has 126 valence electrons. The zero-order valence-electron chi connectivity index (χ0n) is 13.8. The highest BCUT2D eigenvalue weighted by Crippen LogP contribution is 2.21. The van der Waals surface area contributed by atoms with E-state index >= 15 is 0 Å². The Morgan fingerprint density at radius 3 is 2.72 bits per heavy atom. The minimum atomic E-state index is -0.299. The van der Waals surface area contributed by atoms with Crippen molar-refractivity contribution in [1.29, 1.82) is 0 Å². The molecule has 5 heteroatoms. The molecule has 3 rings (SSSR count). The van der Waals surface area contributed by atoms with Crippen molar-refractivity contribution in [3.05, 3.63) is 88.7 Å². The SMILES string of the molecule is Cc1cccc(CNc2ccnc(C(=O)Nc3ccccc3Cl)c2)c1. The summed E-state index contributed by atoms with van der Waals surface area (Å²) in [6.07, 6.45) is 1.61. The summed E-state index contributed by atoms with van der Waals surface area (Å²) in [5.41, 5.74) is 4.12. The van der Waals surface area contributed by atoms with Gasteiger partial charge in [0.25, 0.3) is 5.91 Å². The number of benzene rings is 2. The van der Waals surface area contributed by atoms with Crippen LogP contribution < -0.4 is 10.6 Å². The average molecular weight is 352 g/mol. The average Bonchev–Trinajstić information content (AvgIpc) is 2.62. The largest absolute Gasteiger partial charge is 0.381 e. The number of anilines is 2. The van der Waals surface area contributed by atoms with Crippen molar-refractivity contribution in [2.24, 2.45) is 0 Å². The number of para-hydroxylation sites is 1. The Balaban J connectivity index is 1.68. The fourth-order valence-electron chi connectivity index (χ4n) is 2.44. The van der Waals surface area contributed by atoms with Gasteiger partial charge in [-0.15, -0.1) is 0 Å². The number of aryl methyl sites for hydroxylation is 1. The zero-order valence-corrected chi connectivity index (χ0v) is 14.5. The van der Waals surface area contributed by atoms with Crippen molar-refractivity contribution < 1.29 is 4.79 Å². The van der Waals surface area contributed by atoms with Crippen molar-refractivity contribution in [2.45, 2.75) is 13.5 Å². The summed E-state index contributed by atoms with van der Waals surface area (Å²) in [5.74, 6) is -0.299. The molecule has 0 unspecified atom stereocenters.